The molecule has 1 fully saturated rings. The van der Waals surface area contributed by atoms with Crippen molar-refractivity contribution >= 4 is 27.5 Å². The van der Waals surface area contributed by atoms with E-state index in [0.29, 0.717) is 11.8 Å². The van der Waals surface area contributed by atoms with Crippen LogP contribution in [0.5, 0.6) is 0 Å². The van der Waals surface area contributed by atoms with E-state index in [2.05, 4.69) is 27.1 Å². The molecular formula is C13H12BrClN2. The lowest BCUT2D eigenvalue weighted by atomic mass is 10.2. The number of hydrogen-bond acceptors (Lipinski definition) is 1. The highest BCUT2D eigenvalue weighted by molar-refractivity contribution is 9.10. The summed E-state index contributed by atoms with van der Waals surface area (Å²) in [7, 11) is 0. The van der Waals surface area contributed by atoms with Crippen LogP contribution in [0, 0.1) is 0 Å². The Labute approximate surface area is 114 Å². The van der Waals surface area contributed by atoms with Gasteiger partial charge in [-0.25, -0.2) is 4.68 Å². The molecule has 0 N–H and O–H groups in total. The summed E-state index contributed by atoms with van der Waals surface area (Å²) in [5, 5.41) is 4.62. The molecule has 1 aromatic heterocycles. The molecule has 0 spiro atoms. The van der Waals surface area contributed by atoms with Crippen LogP contribution in [0.1, 0.15) is 30.0 Å². The zero-order valence-electron chi connectivity index (χ0n) is 9.24. The van der Waals surface area contributed by atoms with Gasteiger partial charge < -0.3 is 0 Å². The Morgan fingerprint density at radius 1 is 1.35 bits per heavy atom. The predicted octanol–water partition coefficient (Wildman–Crippen LogP) is 4.25. The third-order valence-electron chi connectivity index (χ3n) is 3.04. The van der Waals surface area contributed by atoms with Crippen LogP contribution in [0.25, 0.3) is 5.69 Å². The van der Waals surface area contributed by atoms with Crippen molar-refractivity contribution in [2.75, 3.05) is 0 Å². The molecule has 1 saturated carbocycles. The standard InChI is InChI=1S/C13H12BrClN2/c14-11-3-4-13(10(7-11)8-15)17-6-5-12(16-17)9-1-2-9/h3-7,9H,1-2,8H2. The fourth-order valence-electron chi connectivity index (χ4n) is 1.95. The molecule has 0 amide bonds. The van der Waals surface area contributed by atoms with Crippen molar-refractivity contribution in [1.29, 1.82) is 0 Å². The van der Waals surface area contributed by atoms with Crippen molar-refractivity contribution in [3.05, 3.63) is 46.2 Å². The van der Waals surface area contributed by atoms with E-state index >= 15 is 0 Å². The minimum Gasteiger partial charge on any atom is -0.240 e. The molecular weight excluding hydrogens is 300 g/mol. The number of benzene rings is 1. The molecule has 2 nitrogen and oxygen atoms in total. The van der Waals surface area contributed by atoms with Crippen LogP contribution in [-0.4, -0.2) is 9.78 Å². The van der Waals surface area contributed by atoms with E-state index in [1.54, 1.807) is 0 Å². The van der Waals surface area contributed by atoms with Crippen molar-refractivity contribution < 1.29 is 0 Å². The Balaban J connectivity index is 2.01. The second kappa shape index (κ2) is 4.46. The van der Waals surface area contributed by atoms with Gasteiger partial charge in [-0.3, -0.25) is 0 Å². The molecule has 17 heavy (non-hydrogen) atoms. The normalized spacial score (nSPS) is 15.2. The Bertz CT molecular complexity index is 546. The van der Waals surface area contributed by atoms with Gasteiger partial charge in [-0.15, -0.1) is 11.6 Å². The number of hydrogen-bond donors (Lipinski definition) is 0. The van der Waals surface area contributed by atoms with Crippen LogP contribution in [-0.2, 0) is 5.88 Å². The lowest BCUT2D eigenvalue weighted by Gasteiger charge is -2.07. The molecule has 1 aromatic carbocycles. The molecule has 0 bridgehead atoms. The molecule has 1 aliphatic carbocycles. The summed E-state index contributed by atoms with van der Waals surface area (Å²) in [6.07, 6.45) is 4.58. The number of aromatic nitrogens is 2. The van der Waals surface area contributed by atoms with E-state index in [9.17, 15) is 0 Å². The SMILES string of the molecule is ClCc1cc(Br)ccc1-n1ccc(C2CC2)n1. The highest BCUT2D eigenvalue weighted by atomic mass is 79.9. The number of alkyl halides is 1. The highest BCUT2D eigenvalue weighted by Crippen LogP contribution is 2.39. The molecule has 4 heteroatoms. The molecule has 0 saturated heterocycles. The fourth-order valence-corrected chi connectivity index (χ4v) is 2.58. The summed E-state index contributed by atoms with van der Waals surface area (Å²) < 4.78 is 2.98. The van der Waals surface area contributed by atoms with E-state index in [1.165, 1.54) is 18.5 Å². The van der Waals surface area contributed by atoms with E-state index in [1.807, 2.05) is 29.1 Å². The van der Waals surface area contributed by atoms with Gasteiger partial charge in [-0.2, -0.15) is 5.10 Å². The lowest BCUT2D eigenvalue weighted by Crippen LogP contribution is -1.99. The van der Waals surface area contributed by atoms with Gasteiger partial charge in [0.2, 0.25) is 0 Å². The third kappa shape index (κ3) is 2.26. The molecule has 1 aliphatic rings. The van der Waals surface area contributed by atoms with Crippen LogP contribution >= 0.6 is 27.5 Å². The summed E-state index contributed by atoms with van der Waals surface area (Å²) >= 11 is 9.43. The largest absolute Gasteiger partial charge is 0.240 e. The monoisotopic (exact) mass is 310 g/mol. The summed E-state index contributed by atoms with van der Waals surface area (Å²) in [6, 6.07) is 8.22. The first-order chi connectivity index (χ1) is 8.28. The quantitative estimate of drug-likeness (QED) is 0.775. The lowest BCUT2D eigenvalue weighted by molar-refractivity contribution is 0.830. The average Bonchev–Trinajstić information content (AvgIpc) is 3.08. The Hall–Kier alpha value is -0.800. The topological polar surface area (TPSA) is 17.8 Å². The predicted molar refractivity (Wildman–Crippen MR) is 72.8 cm³/mol. The van der Waals surface area contributed by atoms with Crippen molar-refractivity contribution in [1.82, 2.24) is 9.78 Å². The van der Waals surface area contributed by atoms with E-state index < -0.39 is 0 Å². The second-order valence-electron chi connectivity index (χ2n) is 4.37. The van der Waals surface area contributed by atoms with Gasteiger partial charge in [0.25, 0.3) is 0 Å². The number of nitrogens with zero attached hydrogens (tertiary/aromatic N) is 2. The van der Waals surface area contributed by atoms with Gasteiger partial charge in [0.1, 0.15) is 0 Å². The molecule has 0 unspecified atom stereocenters. The van der Waals surface area contributed by atoms with Gasteiger partial charge in [-0.05, 0) is 42.7 Å². The Kier molecular flexibility index (Phi) is 2.97. The van der Waals surface area contributed by atoms with Gasteiger partial charge in [0, 0.05) is 22.5 Å². The van der Waals surface area contributed by atoms with Crippen molar-refractivity contribution in [2.45, 2.75) is 24.6 Å². The van der Waals surface area contributed by atoms with Crippen molar-refractivity contribution in [3.8, 4) is 5.69 Å². The third-order valence-corrected chi connectivity index (χ3v) is 3.82. The van der Waals surface area contributed by atoms with E-state index in [0.717, 1.165) is 15.7 Å². The van der Waals surface area contributed by atoms with E-state index in [-0.39, 0.29) is 0 Å². The first-order valence-corrected chi connectivity index (χ1v) is 7.01. The highest BCUT2D eigenvalue weighted by Gasteiger charge is 2.26. The van der Waals surface area contributed by atoms with Crippen molar-refractivity contribution in [3.63, 3.8) is 0 Å². The second-order valence-corrected chi connectivity index (χ2v) is 5.55. The Morgan fingerprint density at radius 3 is 2.88 bits per heavy atom. The molecule has 0 radical (unpaired) electrons. The smallest absolute Gasteiger partial charge is 0.0690 e. The molecule has 88 valence electrons. The zero-order valence-corrected chi connectivity index (χ0v) is 11.6. The molecule has 0 aliphatic heterocycles. The first kappa shape index (κ1) is 11.3. The van der Waals surface area contributed by atoms with Crippen LogP contribution in [0.4, 0.5) is 0 Å². The van der Waals surface area contributed by atoms with Crippen LogP contribution in [0.15, 0.2) is 34.9 Å². The van der Waals surface area contributed by atoms with Gasteiger partial charge in [0.15, 0.2) is 0 Å². The average molecular weight is 312 g/mol. The molecule has 1 heterocycles. The molecule has 3 rings (SSSR count). The van der Waals surface area contributed by atoms with Crippen LogP contribution in [0.2, 0.25) is 0 Å². The fraction of sp³-hybridized carbons (Fsp3) is 0.308. The van der Waals surface area contributed by atoms with Gasteiger partial charge >= 0.3 is 0 Å². The summed E-state index contributed by atoms with van der Waals surface area (Å²) in [4.78, 5) is 0. The number of rotatable bonds is 3. The van der Waals surface area contributed by atoms with E-state index in [4.69, 9.17) is 11.6 Å². The molecule has 0 atom stereocenters. The summed E-state index contributed by atoms with van der Waals surface area (Å²) in [5.74, 6) is 1.18. The maximum atomic E-state index is 5.97. The molecule has 2 aromatic rings. The van der Waals surface area contributed by atoms with Gasteiger partial charge in [-0.1, -0.05) is 15.9 Å². The maximum absolute atomic E-state index is 5.97. The first-order valence-electron chi connectivity index (χ1n) is 5.68. The summed E-state index contributed by atoms with van der Waals surface area (Å²) in [5.41, 5.74) is 3.36. The minimum absolute atomic E-state index is 0.493. The Morgan fingerprint density at radius 2 is 2.18 bits per heavy atom. The zero-order chi connectivity index (χ0) is 11.8. The minimum atomic E-state index is 0.493. The van der Waals surface area contributed by atoms with Crippen LogP contribution in [0.3, 0.4) is 0 Å². The number of halogens is 2. The van der Waals surface area contributed by atoms with Gasteiger partial charge in [0.05, 0.1) is 11.4 Å². The van der Waals surface area contributed by atoms with Crippen molar-refractivity contribution in [2.24, 2.45) is 0 Å². The maximum Gasteiger partial charge on any atom is 0.0690 e. The summed E-state index contributed by atoms with van der Waals surface area (Å²) in [6.45, 7) is 0. The van der Waals surface area contributed by atoms with Crippen LogP contribution < -0.4 is 0 Å².